The molecule has 1 aromatic rings. The molecule has 1 aromatic heterocycles. The standard InChI is InChI=1S/C12H17N3OS/c1-8-4-2-3-5-10(8)16-11-7-14-9(6-15-11)12(13)17/h6-8,10H,2-5H2,1H3,(H2,13,17). The summed E-state index contributed by atoms with van der Waals surface area (Å²) in [6.07, 6.45) is 8.26. The van der Waals surface area contributed by atoms with Crippen LogP contribution in [0.5, 0.6) is 5.88 Å². The summed E-state index contributed by atoms with van der Waals surface area (Å²) in [4.78, 5) is 8.55. The first-order chi connectivity index (χ1) is 8.16. The monoisotopic (exact) mass is 251 g/mol. The third-order valence-electron chi connectivity index (χ3n) is 3.19. The van der Waals surface area contributed by atoms with E-state index >= 15 is 0 Å². The molecule has 2 rings (SSSR count). The average molecular weight is 251 g/mol. The van der Waals surface area contributed by atoms with Gasteiger partial charge in [-0.15, -0.1) is 0 Å². The first kappa shape index (κ1) is 12.2. The van der Waals surface area contributed by atoms with Gasteiger partial charge in [0.2, 0.25) is 5.88 Å². The van der Waals surface area contributed by atoms with Crippen LogP contribution in [0.1, 0.15) is 38.3 Å². The fraction of sp³-hybridized carbons (Fsp3) is 0.583. The Morgan fingerprint density at radius 1 is 1.35 bits per heavy atom. The van der Waals surface area contributed by atoms with Crippen LogP contribution in [0.3, 0.4) is 0 Å². The second-order valence-corrected chi connectivity index (χ2v) is 4.96. The van der Waals surface area contributed by atoms with Crippen molar-refractivity contribution in [2.45, 2.75) is 38.7 Å². The minimum atomic E-state index is 0.258. The molecule has 1 heterocycles. The summed E-state index contributed by atoms with van der Waals surface area (Å²) in [6, 6.07) is 0. The summed E-state index contributed by atoms with van der Waals surface area (Å²) in [5.41, 5.74) is 5.99. The maximum Gasteiger partial charge on any atom is 0.232 e. The van der Waals surface area contributed by atoms with Crippen molar-refractivity contribution in [3.63, 3.8) is 0 Å². The molecule has 1 fully saturated rings. The van der Waals surface area contributed by atoms with Crippen molar-refractivity contribution in [1.29, 1.82) is 0 Å². The molecule has 0 amide bonds. The van der Waals surface area contributed by atoms with Crippen molar-refractivity contribution >= 4 is 17.2 Å². The van der Waals surface area contributed by atoms with Crippen LogP contribution in [0.25, 0.3) is 0 Å². The summed E-state index contributed by atoms with van der Waals surface area (Å²) >= 11 is 4.82. The van der Waals surface area contributed by atoms with Crippen LogP contribution < -0.4 is 10.5 Å². The molecule has 17 heavy (non-hydrogen) atoms. The van der Waals surface area contributed by atoms with Crippen LogP contribution in [-0.2, 0) is 0 Å². The van der Waals surface area contributed by atoms with Crippen molar-refractivity contribution in [3.8, 4) is 5.88 Å². The molecular formula is C12H17N3OS. The van der Waals surface area contributed by atoms with Gasteiger partial charge in [0.15, 0.2) is 0 Å². The zero-order valence-electron chi connectivity index (χ0n) is 9.93. The van der Waals surface area contributed by atoms with Crippen LogP contribution in [0, 0.1) is 5.92 Å². The predicted octanol–water partition coefficient (Wildman–Crippen LogP) is 2.07. The van der Waals surface area contributed by atoms with E-state index in [0.29, 0.717) is 17.5 Å². The Kier molecular flexibility index (Phi) is 3.89. The summed E-state index contributed by atoms with van der Waals surface area (Å²) in [6.45, 7) is 2.22. The minimum absolute atomic E-state index is 0.258. The first-order valence-corrected chi connectivity index (χ1v) is 6.36. The van der Waals surface area contributed by atoms with Gasteiger partial charge >= 0.3 is 0 Å². The Hall–Kier alpha value is -1.23. The smallest absolute Gasteiger partial charge is 0.232 e. The van der Waals surface area contributed by atoms with Crippen LogP contribution in [0.2, 0.25) is 0 Å². The fourth-order valence-corrected chi connectivity index (χ4v) is 2.22. The number of thiocarbonyl (C=S) groups is 1. The van der Waals surface area contributed by atoms with Crippen molar-refractivity contribution in [3.05, 3.63) is 18.1 Å². The highest BCUT2D eigenvalue weighted by Gasteiger charge is 2.23. The van der Waals surface area contributed by atoms with Crippen LogP contribution in [0.15, 0.2) is 12.4 Å². The molecule has 92 valence electrons. The Morgan fingerprint density at radius 2 is 2.12 bits per heavy atom. The van der Waals surface area contributed by atoms with E-state index in [-0.39, 0.29) is 11.1 Å². The van der Waals surface area contributed by atoms with Gasteiger partial charge in [0.1, 0.15) is 16.8 Å². The number of nitrogens with two attached hydrogens (primary N) is 1. The molecule has 0 aliphatic heterocycles. The van der Waals surface area contributed by atoms with Gasteiger partial charge in [-0.3, -0.25) is 0 Å². The summed E-state index contributed by atoms with van der Waals surface area (Å²) in [5.74, 6) is 1.14. The third kappa shape index (κ3) is 3.12. The molecule has 1 aliphatic carbocycles. The molecule has 2 atom stereocenters. The molecule has 1 aliphatic rings. The van der Waals surface area contributed by atoms with E-state index in [2.05, 4.69) is 16.9 Å². The van der Waals surface area contributed by atoms with Gasteiger partial charge in [-0.2, -0.15) is 0 Å². The molecule has 2 N–H and O–H groups in total. The van der Waals surface area contributed by atoms with Crippen molar-refractivity contribution in [1.82, 2.24) is 9.97 Å². The number of aromatic nitrogens is 2. The van der Waals surface area contributed by atoms with Crippen molar-refractivity contribution in [2.75, 3.05) is 0 Å². The first-order valence-electron chi connectivity index (χ1n) is 5.95. The van der Waals surface area contributed by atoms with Crippen LogP contribution in [-0.4, -0.2) is 21.1 Å². The highest BCUT2D eigenvalue weighted by molar-refractivity contribution is 7.80. The van der Waals surface area contributed by atoms with E-state index < -0.39 is 0 Å². The van der Waals surface area contributed by atoms with Gasteiger partial charge in [0, 0.05) is 0 Å². The average Bonchev–Trinajstić information content (AvgIpc) is 2.33. The molecular weight excluding hydrogens is 234 g/mol. The SMILES string of the molecule is CC1CCCCC1Oc1cnc(C(N)=S)cn1. The highest BCUT2D eigenvalue weighted by atomic mass is 32.1. The zero-order valence-corrected chi connectivity index (χ0v) is 10.7. The number of hydrogen-bond donors (Lipinski definition) is 1. The quantitative estimate of drug-likeness (QED) is 0.833. The lowest BCUT2D eigenvalue weighted by atomic mass is 9.88. The van der Waals surface area contributed by atoms with Gasteiger partial charge in [-0.25, -0.2) is 9.97 Å². The Morgan fingerprint density at radius 3 is 2.71 bits per heavy atom. The Bertz CT molecular complexity index is 393. The Labute approximate surface area is 107 Å². The minimum Gasteiger partial charge on any atom is -0.473 e. The molecule has 1 saturated carbocycles. The molecule has 0 radical (unpaired) electrons. The third-order valence-corrected chi connectivity index (χ3v) is 3.39. The summed E-state index contributed by atoms with van der Waals surface area (Å²) in [5, 5.41) is 0. The highest BCUT2D eigenvalue weighted by Crippen LogP contribution is 2.26. The maximum atomic E-state index is 5.84. The molecule has 0 aromatic carbocycles. The van der Waals surface area contributed by atoms with E-state index in [4.69, 9.17) is 22.7 Å². The summed E-state index contributed by atoms with van der Waals surface area (Å²) in [7, 11) is 0. The number of ether oxygens (including phenoxy) is 1. The molecule has 2 unspecified atom stereocenters. The van der Waals surface area contributed by atoms with Crippen LogP contribution in [0.4, 0.5) is 0 Å². The second kappa shape index (κ2) is 5.40. The van der Waals surface area contributed by atoms with Gasteiger partial charge < -0.3 is 10.5 Å². The second-order valence-electron chi connectivity index (χ2n) is 4.52. The predicted molar refractivity (Wildman–Crippen MR) is 70.0 cm³/mol. The Balaban J connectivity index is 2.00. The lowest BCUT2D eigenvalue weighted by Crippen LogP contribution is -2.28. The van der Waals surface area contributed by atoms with Gasteiger partial charge in [0.25, 0.3) is 0 Å². The lowest BCUT2D eigenvalue weighted by Gasteiger charge is -2.28. The van der Waals surface area contributed by atoms with Crippen LogP contribution >= 0.6 is 12.2 Å². The van der Waals surface area contributed by atoms with E-state index in [1.165, 1.54) is 19.3 Å². The molecule has 4 nitrogen and oxygen atoms in total. The normalized spacial score (nSPS) is 24.3. The number of nitrogens with zero attached hydrogens (tertiary/aromatic N) is 2. The van der Waals surface area contributed by atoms with Gasteiger partial charge in [-0.05, 0) is 25.2 Å². The van der Waals surface area contributed by atoms with E-state index in [1.807, 2.05) is 0 Å². The van der Waals surface area contributed by atoms with Gasteiger partial charge in [-0.1, -0.05) is 25.6 Å². The molecule has 0 bridgehead atoms. The fourth-order valence-electron chi connectivity index (χ4n) is 2.12. The number of hydrogen-bond acceptors (Lipinski definition) is 4. The lowest BCUT2D eigenvalue weighted by molar-refractivity contribution is 0.0971. The molecule has 0 saturated heterocycles. The van der Waals surface area contributed by atoms with Gasteiger partial charge in [0.05, 0.1) is 12.4 Å². The van der Waals surface area contributed by atoms with Crippen molar-refractivity contribution < 1.29 is 4.74 Å². The van der Waals surface area contributed by atoms with Crippen molar-refractivity contribution in [2.24, 2.45) is 11.7 Å². The molecule has 0 spiro atoms. The summed E-state index contributed by atoms with van der Waals surface area (Å²) < 4.78 is 5.84. The largest absolute Gasteiger partial charge is 0.473 e. The number of rotatable bonds is 3. The van der Waals surface area contributed by atoms with E-state index in [1.54, 1.807) is 12.4 Å². The maximum absolute atomic E-state index is 5.84. The topological polar surface area (TPSA) is 61.0 Å². The molecule has 5 heteroatoms. The van der Waals surface area contributed by atoms with E-state index in [9.17, 15) is 0 Å². The zero-order chi connectivity index (χ0) is 12.3. The van der Waals surface area contributed by atoms with E-state index in [0.717, 1.165) is 6.42 Å².